The minimum Gasteiger partial charge on any atom is -0.436 e. The lowest BCUT2D eigenvalue weighted by Crippen LogP contribution is -2.32. The highest BCUT2D eigenvalue weighted by atomic mass is 19.2. The quantitative estimate of drug-likeness (QED) is 0.471. The molecule has 4 aromatic rings. The summed E-state index contributed by atoms with van der Waals surface area (Å²) in [6.07, 6.45) is 0. The molecule has 6 nitrogen and oxygen atoms in total. The Morgan fingerprint density at radius 3 is 2.65 bits per heavy atom. The third-order valence-corrected chi connectivity index (χ3v) is 4.63. The van der Waals surface area contributed by atoms with Gasteiger partial charge in [0.05, 0.1) is 17.3 Å². The Balaban J connectivity index is 1.49. The van der Waals surface area contributed by atoms with Crippen molar-refractivity contribution in [3.05, 3.63) is 77.9 Å². The number of halogens is 2. The Morgan fingerprint density at radius 1 is 1.13 bits per heavy atom. The maximum atomic E-state index is 13.8. The molecule has 0 fully saturated rings. The molecular formula is C23H16F2N4O2. The number of aromatic nitrogens is 1. The van der Waals surface area contributed by atoms with E-state index in [4.69, 9.17) is 9.68 Å². The lowest BCUT2D eigenvalue weighted by atomic mass is 10.1. The Hall–Kier alpha value is -4.25. The van der Waals surface area contributed by atoms with Crippen LogP contribution in [-0.4, -0.2) is 16.9 Å². The second-order valence-corrected chi connectivity index (χ2v) is 6.85. The van der Waals surface area contributed by atoms with Crippen molar-refractivity contribution in [3.63, 3.8) is 0 Å². The van der Waals surface area contributed by atoms with Crippen LogP contribution >= 0.6 is 0 Å². The molecule has 8 heteroatoms. The highest BCUT2D eigenvalue weighted by Crippen LogP contribution is 2.26. The van der Waals surface area contributed by atoms with Gasteiger partial charge in [0.15, 0.2) is 17.2 Å². The number of carbonyl (C=O) groups excluding carboxylic acids is 1. The van der Waals surface area contributed by atoms with Crippen LogP contribution in [0.15, 0.2) is 65.1 Å². The molecule has 31 heavy (non-hydrogen) atoms. The molecule has 0 radical (unpaired) electrons. The fraction of sp³-hybridized carbons (Fsp3) is 0.0870. The van der Waals surface area contributed by atoms with Crippen LogP contribution in [0, 0.1) is 23.0 Å². The lowest BCUT2D eigenvalue weighted by molar-refractivity contribution is -0.116. The number of nitrogens with one attached hydrogen (secondary N) is 2. The Morgan fingerprint density at radius 2 is 1.90 bits per heavy atom. The van der Waals surface area contributed by atoms with Crippen molar-refractivity contribution in [2.45, 2.75) is 13.0 Å². The number of benzene rings is 3. The van der Waals surface area contributed by atoms with Crippen molar-refractivity contribution < 1.29 is 18.0 Å². The lowest BCUT2D eigenvalue weighted by Gasteiger charge is -2.16. The monoisotopic (exact) mass is 418 g/mol. The van der Waals surface area contributed by atoms with Crippen LogP contribution in [-0.2, 0) is 4.79 Å². The summed E-state index contributed by atoms with van der Waals surface area (Å²) in [7, 11) is 0. The Kier molecular flexibility index (Phi) is 5.33. The van der Waals surface area contributed by atoms with Gasteiger partial charge in [0, 0.05) is 11.3 Å². The van der Waals surface area contributed by atoms with Crippen LogP contribution in [0.5, 0.6) is 0 Å². The van der Waals surface area contributed by atoms with E-state index >= 15 is 0 Å². The number of hydrogen-bond donors (Lipinski definition) is 2. The van der Waals surface area contributed by atoms with Crippen molar-refractivity contribution in [3.8, 4) is 17.5 Å². The molecule has 0 saturated heterocycles. The van der Waals surface area contributed by atoms with Crippen LogP contribution in [0.3, 0.4) is 0 Å². The summed E-state index contributed by atoms with van der Waals surface area (Å²) >= 11 is 0. The molecule has 1 atom stereocenters. The van der Waals surface area contributed by atoms with Gasteiger partial charge in [-0.15, -0.1) is 0 Å². The molecule has 1 amide bonds. The van der Waals surface area contributed by atoms with E-state index in [0.717, 1.165) is 11.6 Å². The predicted molar refractivity (Wildman–Crippen MR) is 112 cm³/mol. The average Bonchev–Trinajstić information content (AvgIpc) is 3.20. The third kappa shape index (κ3) is 4.21. The number of rotatable bonds is 5. The van der Waals surface area contributed by atoms with Gasteiger partial charge in [-0.05, 0) is 61.5 Å². The molecule has 0 spiro atoms. The summed E-state index contributed by atoms with van der Waals surface area (Å²) < 4.78 is 32.9. The Labute approximate surface area is 176 Å². The van der Waals surface area contributed by atoms with Crippen molar-refractivity contribution >= 4 is 28.4 Å². The zero-order valence-electron chi connectivity index (χ0n) is 16.3. The van der Waals surface area contributed by atoms with Gasteiger partial charge >= 0.3 is 0 Å². The fourth-order valence-electron chi connectivity index (χ4n) is 2.98. The molecule has 4 rings (SSSR count). The molecule has 0 aliphatic heterocycles. The zero-order valence-corrected chi connectivity index (χ0v) is 16.3. The highest BCUT2D eigenvalue weighted by Gasteiger charge is 2.17. The number of anilines is 2. The van der Waals surface area contributed by atoms with Crippen molar-refractivity contribution in [2.75, 3.05) is 10.6 Å². The highest BCUT2D eigenvalue weighted by molar-refractivity contribution is 5.97. The molecule has 154 valence electrons. The van der Waals surface area contributed by atoms with Crippen LogP contribution < -0.4 is 10.6 Å². The molecule has 0 aliphatic carbocycles. The average molecular weight is 418 g/mol. The minimum absolute atomic E-state index is 0.0957. The number of amides is 1. The summed E-state index contributed by atoms with van der Waals surface area (Å²) in [5.74, 6) is -2.08. The topological polar surface area (TPSA) is 91.0 Å². The van der Waals surface area contributed by atoms with Gasteiger partial charge in [-0.3, -0.25) is 4.79 Å². The van der Waals surface area contributed by atoms with E-state index in [1.54, 1.807) is 42.5 Å². The first-order chi connectivity index (χ1) is 14.9. The van der Waals surface area contributed by atoms with Gasteiger partial charge in [0.1, 0.15) is 11.6 Å². The van der Waals surface area contributed by atoms with E-state index in [1.165, 1.54) is 19.1 Å². The number of carbonyl (C=O) groups is 1. The zero-order chi connectivity index (χ0) is 22.0. The van der Waals surface area contributed by atoms with E-state index in [1.807, 2.05) is 0 Å². The van der Waals surface area contributed by atoms with Crippen molar-refractivity contribution in [2.24, 2.45) is 0 Å². The number of nitriles is 1. The minimum atomic E-state index is -1.04. The summed E-state index contributed by atoms with van der Waals surface area (Å²) in [4.78, 5) is 16.9. The molecule has 1 unspecified atom stereocenters. The van der Waals surface area contributed by atoms with Gasteiger partial charge in [-0.25, -0.2) is 13.8 Å². The largest absolute Gasteiger partial charge is 0.436 e. The van der Waals surface area contributed by atoms with E-state index in [-0.39, 0.29) is 5.69 Å². The SMILES string of the molecule is CC(Nc1cccc(F)c1F)C(=O)Nc1ccc2oc(-c3ccc(C#N)cc3)nc2c1. The molecule has 0 bridgehead atoms. The van der Waals surface area contributed by atoms with Crippen LogP contribution in [0.1, 0.15) is 12.5 Å². The van der Waals surface area contributed by atoms with Crippen molar-refractivity contribution in [1.29, 1.82) is 5.26 Å². The molecule has 1 aromatic heterocycles. The van der Waals surface area contributed by atoms with E-state index in [0.29, 0.717) is 28.2 Å². The molecule has 3 aromatic carbocycles. The summed E-state index contributed by atoms with van der Waals surface area (Å²) in [6.45, 7) is 1.54. The second-order valence-electron chi connectivity index (χ2n) is 6.85. The van der Waals surface area contributed by atoms with E-state index in [9.17, 15) is 13.6 Å². The second kappa shape index (κ2) is 8.24. The van der Waals surface area contributed by atoms with E-state index < -0.39 is 23.6 Å². The molecule has 2 N–H and O–H groups in total. The standard InChI is InChI=1S/C23H16F2N4O2/c1-13(27-18-4-2-3-17(24)21(18)25)22(30)28-16-9-10-20-19(11-16)29-23(31-20)15-7-5-14(12-26)6-8-15/h2-11,13,27H,1H3,(H,28,30). The first-order valence-electron chi connectivity index (χ1n) is 9.37. The van der Waals surface area contributed by atoms with Crippen LogP contribution in [0.2, 0.25) is 0 Å². The summed E-state index contributed by atoms with van der Waals surface area (Å²) in [6, 6.07) is 16.8. The van der Waals surface area contributed by atoms with Gasteiger partial charge in [-0.2, -0.15) is 5.26 Å². The van der Waals surface area contributed by atoms with Gasteiger partial charge in [-0.1, -0.05) is 6.07 Å². The molecule has 1 heterocycles. The molecule has 0 saturated carbocycles. The summed E-state index contributed by atoms with van der Waals surface area (Å²) in [5, 5.41) is 14.3. The van der Waals surface area contributed by atoms with Gasteiger partial charge < -0.3 is 15.1 Å². The third-order valence-electron chi connectivity index (χ3n) is 4.63. The van der Waals surface area contributed by atoms with Crippen LogP contribution in [0.25, 0.3) is 22.6 Å². The number of oxazole rings is 1. The van der Waals surface area contributed by atoms with Gasteiger partial charge in [0.25, 0.3) is 0 Å². The first kappa shape index (κ1) is 20.0. The number of hydrogen-bond acceptors (Lipinski definition) is 5. The smallest absolute Gasteiger partial charge is 0.246 e. The van der Waals surface area contributed by atoms with Crippen LogP contribution in [0.4, 0.5) is 20.2 Å². The molecular weight excluding hydrogens is 402 g/mol. The normalized spacial score (nSPS) is 11.7. The molecule has 0 aliphatic rings. The van der Waals surface area contributed by atoms with Gasteiger partial charge in [0.2, 0.25) is 11.8 Å². The Bertz CT molecular complexity index is 1310. The first-order valence-corrected chi connectivity index (χ1v) is 9.37. The number of nitrogens with zero attached hydrogens (tertiary/aromatic N) is 2. The maximum absolute atomic E-state index is 13.8. The number of fused-ring (bicyclic) bond motifs is 1. The van der Waals surface area contributed by atoms with Crippen molar-refractivity contribution in [1.82, 2.24) is 4.98 Å². The summed E-state index contributed by atoms with van der Waals surface area (Å²) in [5.41, 5.74) is 2.70. The predicted octanol–water partition coefficient (Wildman–Crippen LogP) is 5.08. The fourth-order valence-corrected chi connectivity index (χ4v) is 2.98. The maximum Gasteiger partial charge on any atom is 0.246 e. The van der Waals surface area contributed by atoms with E-state index in [2.05, 4.69) is 21.7 Å².